The number of amides is 2. The molecule has 0 aromatic heterocycles. The first-order chi connectivity index (χ1) is 9.86. The fraction of sp³-hybridized carbons (Fsp3) is 0. The minimum absolute atomic E-state index is 0.360. The highest BCUT2D eigenvalue weighted by Gasteiger charge is 2.11. The topological polar surface area (TPSA) is 67.1 Å². The lowest BCUT2D eigenvalue weighted by Crippen LogP contribution is -2.20. The van der Waals surface area contributed by atoms with E-state index in [2.05, 4.69) is 42.5 Å². The van der Waals surface area contributed by atoms with Crippen LogP contribution in [0.4, 0.5) is 21.9 Å². The van der Waals surface area contributed by atoms with E-state index < -0.39 is 6.03 Å². The molecule has 4 N–H and O–H groups in total. The maximum absolute atomic E-state index is 12.0. The van der Waals surface area contributed by atoms with E-state index in [0.29, 0.717) is 31.6 Å². The first-order valence-electron chi connectivity index (χ1n) is 5.64. The van der Waals surface area contributed by atoms with Gasteiger partial charge in [-0.25, -0.2) is 4.79 Å². The van der Waals surface area contributed by atoms with Crippen molar-refractivity contribution in [3.05, 3.63) is 49.3 Å². The first kappa shape index (κ1) is 16.4. The van der Waals surface area contributed by atoms with E-state index >= 15 is 0 Å². The number of hydrogen-bond donors (Lipinski definition) is 3. The first-order valence-corrected chi connectivity index (χ1v) is 7.98. The molecule has 0 heterocycles. The number of urea groups is 1. The van der Waals surface area contributed by atoms with Crippen LogP contribution in [0.1, 0.15) is 0 Å². The molecular formula is C13H9Br2Cl2N3O. The van der Waals surface area contributed by atoms with E-state index in [1.165, 1.54) is 0 Å². The molecule has 2 amide bonds. The van der Waals surface area contributed by atoms with Crippen molar-refractivity contribution in [1.82, 2.24) is 0 Å². The predicted octanol–water partition coefficient (Wildman–Crippen LogP) is 5.74. The number of nitrogen functional groups attached to an aromatic ring is 1. The summed E-state index contributed by atoms with van der Waals surface area (Å²) in [5, 5.41) is 6.09. The van der Waals surface area contributed by atoms with Crippen LogP contribution in [0.2, 0.25) is 10.0 Å². The molecule has 21 heavy (non-hydrogen) atoms. The lowest BCUT2D eigenvalue weighted by molar-refractivity contribution is 0.262. The van der Waals surface area contributed by atoms with Crippen molar-refractivity contribution in [3.63, 3.8) is 0 Å². The van der Waals surface area contributed by atoms with Crippen LogP contribution in [0, 0.1) is 0 Å². The average Bonchev–Trinajstić information content (AvgIpc) is 2.38. The maximum Gasteiger partial charge on any atom is 0.323 e. The predicted molar refractivity (Wildman–Crippen MR) is 95.4 cm³/mol. The fourth-order valence-corrected chi connectivity index (χ4v) is 3.23. The molecule has 2 aromatic rings. The minimum atomic E-state index is -0.442. The van der Waals surface area contributed by atoms with E-state index in [-0.39, 0.29) is 0 Å². The van der Waals surface area contributed by atoms with Crippen LogP contribution in [-0.4, -0.2) is 6.03 Å². The van der Waals surface area contributed by atoms with Gasteiger partial charge in [-0.05, 0) is 46.3 Å². The molecule has 0 saturated heterocycles. The molecule has 110 valence electrons. The number of rotatable bonds is 2. The third-order valence-electron chi connectivity index (χ3n) is 2.50. The Morgan fingerprint density at radius 2 is 1.76 bits per heavy atom. The number of carbonyl (C=O) groups is 1. The van der Waals surface area contributed by atoms with Crippen LogP contribution in [0.15, 0.2) is 39.3 Å². The zero-order valence-electron chi connectivity index (χ0n) is 10.4. The van der Waals surface area contributed by atoms with Crippen LogP contribution in [0.25, 0.3) is 0 Å². The SMILES string of the molecule is Nc1cc(Br)cc(Br)c1NC(=O)Nc1ccc(Cl)c(Cl)c1. The van der Waals surface area contributed by atoms with Crippen molar-refractivity contribution in [2.24, 2.45) is 0 Å². The van der Waals surface area contributed by atoms with Gasteiger partial charge >= 0.3 is 6.03 Å². The van der Waals surface area contributed by atoms with Gasteiger partial charge in [0.2, 0.25) is 0 Å². The Balaban J connectivity index is 2.13. The van der Waals surface area contributed by atoms with Crippen LogP contribution < -0.4 is 16.4 Å². The Kier molecular flexibility index (Phi) is 5.37. The molecule has 8 heteroatoms. The highest BCUT2D eigenvalue weighted by Crippen LogP contribution is 2.32. The number of carbonyl (C=O) groups excluding carboxylic acids is 1. The zero-order valence-corrected chi connectivity index (χ0v) is 15.1. The Hall–Kier alpha value is -0.950. The molecule has 2 aromatic carbocycles. The van der Waals surface area contributed by atoms with E-state index in [9.17, 15) is 4.79 Å². The Morgan fingerprint density at radius 3 is 2.38 bits per heavy atom. The van der Waals surface area contributed by atoms with E-state index in [1.54, 1.807) is 30.3 Å². The largest absolute Gasteiger partial charge is 0.397 e. The second-order valence-electron chi connectivity index (χ2n) is 4.06. The van der Waals surface area contributed by atoms with Crippen molar-refractivity contribution >= 4 is 78.2 Å². The summed E-state index contributed by atoms with van der Waals surface area (Å²) in [5.74, 6) is 0. The van der Waals surface area contributed by atoms with Gasteiger partial charge in [-0.15, -0.1) is 0 Å². The van der Waals surface area contributed by atoms with Gasteiger partial charge in [0.25, 0.3) is 0 Å². The quantitative estimate of drug-likeness (QED) is 0.507. The van der Waals surface area contributed by atoms with Gasteiger partial charge < -0.3 is 16.4 Å². The van der Waals surface area contributed by atoms with Crippen LogP contribution >= 0.6 is 55.1 Å². The standard InChI is InChI=1S/C13H9Br2Cl2N3O/c14-6-3-8(15)12(11(18)4-6)20-13(21)19-7-1-2-9(16)10(17)5-7/h1-5H,18H2,(H2,19,20,21). The van der Waals surface area contributed by atoms with Crippen LogP contribution in [0.5, 0.6) is 0 Å². The van der Waals surface area contributed by atoms with Gasteiger partial charge in [0.05, 0.1) is 21.4 Å². The molecule has 0 bridgehead atoms. The highest BCUT2D eigenvalue weighted by atomic mass is 79.9. The van der Waals surface area contributed by atoms with E-state index in [1.807, 2.05) is 0 Å². The highest BCUT2D eigenvalue weighted by molar-refractivity contribution is 9.11. The second kappa shape index (κ2) is 6.87. The summed E-state index contributed by atoms with van der Waals surface area (Å²) in [4.78, 5) is 12.0. The van der Waals surface area contributed by atoms with Gasteiger partial charge in [-0.1, -0.05) is 39.1 Å². The number of hydrogen-bond acceptors (Lipinski definition) is 2. The molecule has 2 rings (SSSR count). The van der Waals surface area contributed by atoms with E-state index in [0.717, 1.165) is 4.47 Å². The van der Waals surface area contributed by atoms with Crippen molar-refractivity contribution in [3.8, 4) is 0 Å². The summed E-state index contributed by atoms with van der Waals surface area (Å²) in [6.45, 7) is 0. The zero-order chi connectivity index (χ0) is 15.6. The Labute approximate surface area is 148 Å². The summed E-state index contributed by atoms with van der Waals surface area (Å²) in [7, 11) is 0. The molecule has 0 fully saturated rings. The van der Waals surface area contributed by atoms with Crippen LogP contribution in [0.3, 0.4) is 0 Å². The Morgan fingerprint density at radius 1 is 1.05 bits per heavy atom. The van der Waals surface area contributed by atoms with Crippen molar-refractivity contribution in [2.75, 3.05) is 16.4 Å². The molecule has 0 aliphatic heterocycles. The smallest absolute Gasteiger partial charge is 0.323 e. The number of benzene rings is 2. The molecule has 0 aliphatic carbocycles. The lowest BCUT2D eigenvalue weighted by Gasteiger charge is -2.12. The summed E-state index contributed by atoms with van der Waals surface area (Å²) in [6.07, 6.45) is 0. The average molecular weight is 454 g/mol. The van der Waals surface area contributed by atoms with Crippen molar-refractivity contribution in [2.45, 2.75) is 0 Å². The summed E-state index contributed by atoms with van der Waals surface area (Å²) < 4.78 is 1.47. The molecule has 0 saturated carbocycles. The molecule has 0 unspecified atom stereocenters. The molecule has 0 spiro atoms. The van der Waals surface area contributed by atoms with Crippen molar-refractivity contribution in [1.29, 1.82) is 0 Å². The summed E-state index contributed by atoms with van der Waals surface area (Å²) in [5.41, 5.74) is 7.30. The van der Waals surface area contributed by atoms with Gasteiger partial charge in [-0.2, -0.15) is 0 Å². The fourth-order valence-electron chi connectivity index (χ4n) is 1.58. The lowest BCUT2D eigenvalue weighted by atomic mass is 10.2. The van der Waals surface area contributed by atoms with Crippen molar-refractivity contribution < 1.29 is 4.79 Å². The van der Waals surface area contributed by atoms with Gasteiger partial charge in [0, 0.05) is 14.6 Å². The van der Waals surface area contributed by atoms with Gasteiger partial charge in [0.1, 0.15) is 0 Å². The third-order valence-corrected chi connectivity index (χ3v) is 4.32. The Bertz CT molecular complexity index is 687. The summed E-state index contributed by atoms with van der Waals surface area (Å²) in [6, 6.07) is 7.84. The second-order valence-corrected chi connectivity index (χ2v) is 6.64. The van der Waals surface area contributed by atoms with Gasteiger partial charge in [0.15, 0.2) is 0 Å². The van der Waals surface area contributed by atoms with Gasteiger partial charge in [-0.3, -0.25) is 0 Å². The maximum atomic E-state index is 12.0. The molecule has 0 atom stereocenters. The molecule has 0 radical (unpaired) electrons. The third kappa shape index (κ3) is 4.26. The number of anilines is 3. The molecule has 0 aliphatic rings. The number of halogens is 4. The molecular weight excluding hydrogens is 445 g/mol. The summed E-state index contributed by atoms with van der Waals surface area (Å²) >= 11 is 18.4. The molecule has 4 nitrogen and oxygen atoms in total. The van der Waals surface area contributed by atoms with E-state index in [4.69, 9.17) is 28.9 Å². The monoisotopic (exact) mass is 451 g/mol. The normalized spacial score (nSPS) is 10.3. The van der Waals surface area contributed by atoms with Crippen LogP contribution in [-0.2, 0) is 0 Å². The number of nitrogens with two attached hydrogens (primary N) is 1. The number of nitrogens with one attached hydrogen (secondary N) is 2. The minimum Gasteiger partial charge on any atom is -0.397 e.